The molecular formula is C56H109N2O6P. The predicted octanol–water partition coefficient (Wildman–Crippen LogP) is 16.0. The van der Waals surface area contributed by atoms with Crippen LogP contribution in [-0.2, 0) is 18.4 Å². The fourth-order valence-electron chi connectivity index (χ4n) is 8.19. The summed E-state index contributed by atoms with van der Waals surface area (Å²) < 4.78 is 23.2. The van der Waals surface area contributed by atoms with E-state index in [1.165, 1.54) is 199 Å². The highest BCUT2D eigenvalue weighted by atomic mass is 31.2. The third kappa shape index (κ3) is 50.4. The van der Waals surface area contributed by atoms with Gasteiger partial charge in [-0.05, 0) is 44.9 Å². The Morgan fingerprint density at radius 2 is 0.862 bits per heavy atom. The number of amides is 1. The fraction of sp³-hybridized carbons (Fsp3) is 0.875. The molecule has 0 rings (SSSR count). The molecule has 0 aromatic carbocycles. The van der Waals surface area contributed by atoms with Crippen LogP contribution in [0.3, 0.4) is 0 Å². The molecule has 65 heavy (non-hydrogen) atoms. The number of aliphatic hydroxyl groups is 1. The third-order valence-electron chi connectivity index (χ3n) is 12.6. The lowest BCUT2D eigenvalue weighted by Gasteiger charge is -2.29. The normalized spacial score (nSPS) is 14.3. The maximum absolute atomic E-state index is 12.8. The van der Waals surface area contributed by atoms with E-state index in [2.05, 4.69) is 43.5 Å². The van der Waals surface area contributed by atoms with Crippen LogP contribution in [0.2, 0.25) is 0 Å². The standard InChI is InChI=1S/C56H109N2O6P/c1-6-8-10-12-14-16-18-19-20-21-22-23-24-25-26-27-28-29-30-31-32-33-34-35-36-37-38-40-41-43-45-47-49-55(59)54(53-64-65(61,62)63-52-51-58(3,4)5)57-56(60)50-48-46-44-42-39-17-15-13-11-9-7-2/h35-36,40-41,47,49,54-55,59H,6-34,37-39,42-46,48,50-53H2,1-5H3,(H-,57,60,61,62)/b36-35+,41-40+,49-47+. The summed E-state index contributed by atoms with van der Waals surface area (Å²) in [6.45, 7) is 4.63. The van der Waals surface area contributed by atoms with Gasteiger partial charge >= 0.3 is 0 Å². The van der Waals surface area contributed by atoms with Gasteiger partial charge in [-0.1, -0.05) is 249 Å². The van der Waals surface area contributed by atoms with Crippen LogP contribution < -0.4 is 10.2 Å². The quantitative estimate of drug-likeness (QED) is 0.0272. The summed E-state index contributed by atoms with van der Waals surface area (Å²) in [5.74, 6) is -0.211. The van der Waals surface area contributed by atoms with Crippen LogP contribution in [0.25, 0.3) is 0 Å². The number of carbonyl (C=O) groups is 1. The summed E-state index contributed by atoms with van der Waals surface area (Å²) in [5, 5.41) is 13.8. The lowest BCUT2D eigenvalue weighted by molar-refractivity contribution is -0.870. The molecule has 8 nitrogen and oxygen atoms in total. The van der Waals surface area contributed by atoms with Gasteiger partial charge in [-0.2, -0.15) is 0 Å². The molecule has 2 N–H and O–H groups in total. The number of carbonyl (C=O) groups excluding carboxylic acids is 1. The van der Waals surface area contributed by atoms with Crippen molar-refractivity contribution in [3.63, 3.8) is 0 Å². The van der Waals surface area contributed by atoms with Gasteiger partial charge in [-0.25, -0.2) is 0 Å². The number of hydrogen-bond acceptors (Lipinski definition) is 6. The molecule has 0 saturated heterocycles. The van der Waals surface area contributed by atoms with Crippen molar-refractivity contribution in [3.8, 4) is 0 Å². The molecule has 0 spiro atoms. The Morgan fingerprint density at radius 3 is 1.25 bits per heavy atom. The topological polar surface area (TPSA) is 108 Å². The predicted molar refractivity (Wildman–Crippen MR) is 279 cm³/mol. The summed E-state index contributed by atoms with van der Waals surface area (Å²) in [6, 6.07) is -0.906. The first-order valence-corrected chi connectivity index (χ1v) is 29.3. The van der Waals surface area contributed by atoms with Gasteiger partial charge in [0.1, 0.15) is 13.2 Å². The lowest BCUT2D eigenvalue weighted by Crippen LogP contribution is -2.45. The molecular weight excluding hydrogens is 828 g/mol. The van der Waals surface area contributed by atoms with E-state index in [0.29, 0.717) is 17.4 Å². The van der Waals surface area contributed by atoms with Crippen LogP contribution in [0.5, 0.6) is 0 Å². The van der Waals surface area contributed by atoms with E-state index in [1.54, 1.807) is 6.08 Å². The number of hydrogen-bond donors (Lipinski definition) is 2. The minimum atomic E-state index is -4.60. The van der Waals surface area contributed by atoms with Gasteiger partial charge in [0.2, 0.25) is 5.91 Å². The number of phosphoric acid groups is 1. The highest BCUT2D eigenvalue weighted by Crippen LogP contribution is 2.38. The molecule has 3 unspecified atom stereocenters. The van der Waals surface area contributed by atoms with E-state index >= 15 is 0 Å². The number of aliphatic hydroxyl groups excluding tert-OH is 1. The monoisotopic (exact) mass is 937 g/mol. The van der Waals surface area contributed by atoms with Crippen molar-refractivity contribution in [2.24, 2.45) is 0 Å². The summed E-state index contributed by atoms with van der Waals surface area (Å²) in [7, 11) is 1.24. The SMILES string of the molecule is CCCCCCCCCCCCCCCCCCCCCCCC/C=C/CC/C=C/CC/C=C/C(O)C(COP(=O)([O-])OCC[N+](C)(C)C)NC(=O)CCCCCCCCCCCCC. The number of allylic oxidation sites excluding steroid dienone is 5. The Bertz CT molecular complexity index is 1150. The number of unbranched alkanes of at least 4 members (excludes halogenated alkanes) is 34. The van der Waals surface area contributed by atoms with Crippen molar-refractivity contribution in [2.75, 3.05) is 40.9 Å². The number of nitrogens with one attached hydrogen (secondary N) is 1. The summed E-state index contributed by atoms with van der Waals surface area (Å²) in [6.07, 6.45) is 61.0. The van der Waals surface area contributed by atoms with Crippen LogP contribution >= 0.6 is 7.82 Å². The third-order valence-corrected chi connectivity index (χ3v) is 13.5. The van der Waals surface area contributed by atoms with E-state index in [0.717, 1.165) is 44.9 Å². The minimum Gasteiger partial charge on any atom is -0.756 e. The number of phosphoric ester groups is 1. The first-order chi connectivity index (χ1) is 31.5. The molecule has 0 aliphatic heterocycles. The molecule has 9 heteroatoms. The Hall–Kier alpha value is -1.28. The molecule has 0 saturated carbocycles. The van der Waals surface area contributed by atoms with Crippen molar-refractivity contribution in [3.05, 3.63) is 36.5 Å². The van der Waals surface area contributed by atoms with Crippen molar-refractivity contribution < 1.29 is 32.9 Å². The highest BCUT2D eigenvalue weighted by molar-refractivity contribution is 7.45. The second-order valence-electron chi connectivity index (χ2n) is 20.3. The number of quaternary nitrogens is 1. The van der Waals surface area contributed by atoms with Crippen LogP contribution in [0, 0.1) is 0 Å². The first-order valence-electron chi connectivity index (χ1n) is 27.9. The minimum absolute atomic E-state index is 0.00782. The maximum Gasteiger partial charge on any atom is 0.268 e. The van der Waals surface area contributed by atoms with Crippen LogP contribution in [0.4, 0.5) is 0 Å². The maximum atomic E-state index is 12.8. The van der Waals surface area contributed by atoms with E-state index in [4.69, 9.17) is 9.05 Å². The van der Waals surface area contributed by atoms with Gasteiger partial charge in [-0.15, -0.1) is 0 Å². The average molecular weight is 937 g/mol. The average Bonchev–Trinajstić information content (AvgIpc) is 3.26. The molecule has 0 radical (unpaired) electrons. The van der Waals surface area contributed by atoms with Gasteiger partial charge in [-0.3, -0.25) is 9.36 Å². The highest BCUT2D eigenvalue weighted by Gasteiger charge is 2.23. The second kappa shape index (κ2) is 47.8. The van der Waals surface area contributed by atoms with Gasteiger partial charge in [0.15, 0.2) is 0 Å². The Labute approximate surface area is 404 Å². The molecule has 0 fully saturated rings. The van der Waals surface area contributed by atoms with Crippen LogP contribution in [0.1, 0.15) is 264 Å². The summed E-state index contributed by atoms with van der Waals surface area (Å²) in [5.41, 5.74) is 0. The molecule has 0 bridgehead atoms. The zero-order chi connectivity index (χ0) is 47.8. The molecule has 3 atom stereocenters. The van der Waals surface area contributed by atoms with Crippen LogP contribution in [0.15, 0.2) is 36.5 Å². The van der Waals surface area contributed by atoms with E-state index in [9.17, 15) is 19.4 Å². The van der Waals surface area contributed by atoms with Crippen molar-refractivity contribution in [2.45, 2.75) is 276 Å². The molecule has 1 amide bonds. The Kier molecular flexibility index (Phi) is 46.8. The molecule has 0 aromatic rings. The summed E-state index contributed by atoms with van der Waals surface area (Å²) >= 11 is 0. The first kappa shape index (κ1) is 63.7. The number of likely N-dealkylation sites (N-methyl/N-ethyl adjacent to an activating group) is 1. The Morgan fingerprint density at radius 1 is 0.523 bits per heavy atom. The zero-order valence-corrected chi connectivity index (χ0v) is 44.6. The van der Waals surface area contributed by atoms with Crippen molar-refractivity contribution in [1.29, 1.82) is 0 Å². The number of rotatable bonds is 51. The Balaban J connectivity index is 4.12. The van der Waals surface area contributed by atoms with Gasteiger partial charge in [0.25, 0.3) is 7.82 Å². The van der Waals surface area contributed by atoms with Crippen molar-refractivity contribution >= 4 is 13.7 Å². The van der Waals surface area contributed by atoms with E-state index < -0.39 is 26.6 Å². The van der Waals surface area contributed by atoms with Crippen molar-refractivity contribution in [1.82, 2.24) is 5.32 Å². The number of nitrogens with zero attached hydrogens (tertiary/aromatic N) is 1. The van der Waals surface area contributed by atoms with E-state index in [1.807, 2.05) is 27.2 Å². The molecule has 0 aromatic heterocycles. The lowest BCUT2D eigenvalue weighted by atomic mass is 10.0. The molecule has 0 heterocycles. The summed E-state index contributed by atoms with van der Waals surface area (Å²) in [4.78, 5) is 25.3. The molecule has 384 valence electrons. The molecule has 0 aliphatic carbocycles. The largest absolute Gasteiger partial charge is 0.756 e. The van der Waals surface area contributed by atoms with Crippen LogP contribution in [-0.4, -0.2) is 68.5 Å². The zero-order valence-electron chi connectivity index (χ0n) is 43.7. The smallest absolute Gasteiger partial charge is 0.268 e. The molecule has 0 aliphatic rings. The second-order valence-corrected chi connectivity index (χ2v) is 21.7. The van der Waals surface area contributed by atoms with Gasteiger partial charge in [0.05, 0.1) is 39.9 Å². The fourth-order valence-corrected chi connectivity index (χ4v) is 8.91. The van der Waals surface area contributed by atoms with Gasteiger partial charge in [0, 0.05) is 6.42 Å². The van der Waals surface area contributed by atoms with Gasteiger partial charge < -0.3 is 28.8 Å². The van der Waals surface area contributed by atoms with E-state index in [-0.39, 0.29) is 12.5 Å².